The summed E-state index contributed by atoms with van der Waals surface area (Å²) in [5.41, 5.74) is 1.00. The molecule has 1 amide bonds. The van der Waals surface area contributed by atoms with E-state index in [1.54, 1.807) is 24.3 Å². The van der Waals surface area contributed by atoms with E-state index in [-0.39, 0.29) is 5.78 Å². The van der Waals surface area contributed by atoms with Crippen molar-refractivity contribution in [3.63, 3.8) is 0 Å². The lowest BCUT2D eigenvalue weighted by Gasteiger charge is -2.18. The zero-order chi connectivity index (χ0) is 20.0. The zero-order valence-corrected chi connectivity index (χ0v) is 15.2. The molecule has 0 saturated carbocycles. The fourth-order valence-corrected chi connectivity index (χ4v) is 2.12. The van der Waals surface area contributed by atoms with E-state index in [2.05, 4.69) is 5.32 Å². The van der Waals surface area contributed by atoms with Crippen LogP contribution in [0.3, 0.4) is 0 Å². The summed E-state index contributed by atoms with van der Waals surface area (Å²) in [4.78, 5) is 35.5. The van der Waals surface area contributed by atoms with Crippen LogP contribution >= 0.6 is 0 Å². The first kappa shape index (κ1) is 20.1. The highest BCUT2D eigenvalue weighted by molar-refractivity contribution is 5.97. The van der Waals surface area contributed by atoms with E-state index in [9.17, 15) is 18.8 Å². The second-order valence-corrected chi connectivity index (χ2v) is 5.92. The Balaban J connectivity index is 1.87. The molecule has 1 N–H and O–H groups in total. The van der Waals surface area contributed by atoms with Crippen LogP contribution in [0.2, 0.25) is 0 Å². The Morgan fingerprint density at radius 1 is 0.926 bits per heavy atom. The summed E-state index contributed by atoms with van der Waals surface area (Å²) in [6.07, 6.45) is -2.02. The van der Waals surface area contributed by atoms with E-state index in [1.807, 2.05) is 0 Å². The Morgan fingerprint density at radius 2 is 1.52 bits per heavy atom. The van der Waals surface area contributed by atoms with Gasteiger partial charge < -0.3 is 14.8 Å². The van der Waals surface area contributed by atoms with Crippen molar-refractivity contribution < 1.29 is 28.2 Å². The van der Waals surface area contributed by atoms with Crippen LogP contribution in [0.5, 0.6) is 5.75 Å². The molecule has 2 atom stereocenters. The number of carbonyl (C=O) groups excluding carboxylic acids is 3. The molecule has 0 fully saturated rings. The number of Topliss-reactive ketones (excluding diaryl/α,β-unsaturated/α-hetero) is 1. The van der Waals surface area contributed by atoms with Crippen LogP contribution in [0.1, 0.15) is 31.1 Å². The van der Waals surface area contributed by atoms with Gasteiger partial charge in [-0.15, -0.1) is 0 Å². The molecule has 7 heteroatoms. The average Bonchev–Trinajstić information content (AvgIpc) is 2.63. The van der Waals surface area contributed by atoms with Crippen LogP contribution in [0, 0.1) is 5.82 Å². The molecular formula is C20H20FNO5. The van der Waals surface area contributed by atoms with Crippen molar-refractivity contribution in [1.29, 1.82) is 0 Å². The molecule has 2 aromatic carbocycles. The number of nitrogens with one attached hydrogen (secondary N) is 1. The molecule has 0 radical (unpaired) electrons. The molecule has 0 aliphatic rings. The molecule has 142 valence electrons. The summed E-state index contributed by atoms with van der Waals surface area (Å²) < 4.78 is 23.3. The van der Waals surface area contributed by atoms with Crippen LogP contribution in [0.25, 0.3) is 0 Å². The fourth-order valence-electron chi connectivity index (χ4n) is 2.12. The number of ketones is 1. The number of benzene rings is 2. The molecule has 0 aromatic heterocycles. The first-order valence-electron chi connectivity index (χ1n) is 8.31. The Bertz CT molecular complexity index is 817. The van der Waals surface area contributed by atoms with E-state index in [0.29, 0.717) is 17.0 Å². The van der Waals surface area contributed by atoms with Gasteiger partial charge in [0.15, 0.2) is 18.0 Å². The molecule has 0 aliphatic carbocycles. The average molecular weight is 373 g/mol. The number of hydrogen-bond donors (Lipinski definition) is 1. The largest absolute Gasteiger partial charge is 0.479 e. The maximum absolute atomic E-state index is 12.9. The highest BCUT2D eigenvalue weighted by Gasteiger charge is 2.23. The minimum atomic E-state index is -1.05. The molecule has 0 unspecified atom stereocenters. The monoisotopic (exact) mass is 373 g/mol. The van der Waals surface area contributed by atoms with E-state index < -0.39 is 29.9 Å². The van der Waals surface area contributed by atoms with Gasteiger partial charge in [-0.2, -0.15) is 0 Å². The maximum atomic E-state index is 12.9. The van der Waals surface area contributed by atoms with Crippen molar-refractivity contribution in [2.24, 2.45) is 0 Å². The van der Waals surface area contributed by atoms with Gasteiger partial charge in [-0.1, -0.05) is 0 Å². The highest BCUT2D eigenvalue weighted by atomic mass is 19.1. The van der Waals surface area contributed by atoms with Crippen molar-refractivity contribution in [3.05, 3.63) is 59.9 Å². The van der Waals surface area contributed by atoms with Crippen LogP contribution in [0.4, 0.5) is 10.1 Å². The lowest BCUT2D eigenvalue weighted by Crippen LogP contribution is -2.35. The molecule has 2 aromatic rings. The maximum Gasteiger partial charge on any atom is 0.347 e. The number of amides is 1. The Labute approximate surface area is 156 Å². The SMILES string of the molecule is CC(=O)c1ccc(NC(=O)[C@H](C)OC(=O)[C@@H](C)Oc2ccc(F)cc2)cc1. The second kappa shape index (κ2) is 8.93. The number of anilines is 1. The van der Waals surface area contributed by atoms with Gasteiger partial charge in [-0.25, -0.2) is 9.18 Å². The van der Waals surface area contributed by atoms with E-state index >= 15 is 0 Å². The third kappa shape index (κ3) is 5.91. The molecular weight excluding hydrogens is 353 g/mol. The van der Waals surface area contributed by atoms with Gasteiger partial charge in [0.25, 0.3) is 5.91 Å². The van der Waals surface area contributed by atoms with Crippen LogP contribution in [0.15, 0.2) is 48.5 Å². The molecule has 27 heavy (non-hydrogen) atoms. The van der Waals surface area contributed by atoms with Crippen LogP contribution in [-0.2, 0) is 14.3 Å². The number of hydrogen-bond acceptors (Lipinski definition) is 5. The van der Waals surface area contributed by atoms with Gasteiger partial charge in [-0.05, 0) is 69.3 Å². The standard InChI is InChI=1S/C20H20FNO5/c1-12(23)15-4-8-17(9-5-15)22-19(24)13(2)27-20(25)14(3)26-18-10-6-16(21)7-11-18/h4-11,13-14H,1-3H3,(H,22,24)/t13-,14+/m0/s1. The van der Waals surface area contributed by atoms with E-state index in [0.717, 1.165) is 0 Å². The Morgan fingerprint density at radius 3 is 2.07 bits per heavy atom. The normalized spacial score (nSPS) is 12.6. The summed E-state index contributed by atoms with van der Waals surface area (Å²) in [6.45, 7) is 4.35. The van der Waals surface area contributed by atoms with Gasteiger partial charge in [0, 0.05) is 11.3 Å². The minimum absolute atomic E-state index is 0.0784. The van der Waals surface area contributed by atoms with Crippen LogP contribution in [-0.4, -0.2) is 29.9 Å². The molecule has 0 bridgehead atoms. The zero-order valence-electron chi connectivity index (χ0n) is 15.2. The summed E-state index contributed by atoms with van der Waals surface area (Å²) in [6, 6.07) is 11.6. The molecule has 0 spiro atoms. The van der Waals surface area contributed by atoms with Crippen molar-refractivity contribution in [2.75, 3.05) is 5.32 Å². The number of ether oxygens (including phenoxy) is 2. The molecule has 0 aliphatic heterocycles. The number of esters is 1. The van der Waals surface area contributed by atoms with Gasteiger partial charge >= 0.3 is 5.97 Å². The summed E-state index contributed by atoms with van der Waals surface area (Å²) >= 11 is 0. The van der Waals surface area contributed by atoms with Crippen LogP contribution < -0.4 is 10.1 Å². The molecule has 6 nitrogen and oxygen atoms in total. The highest BCUT2D eigenvalue weighted by Crippen LogP contribution is 2.14. The summed E-state index contributed by atoms with van der Waals surface area (Å²) in [5, 5.41) is 2.60. The van der Waals surface area contributed by atoms with E-state index in [1.165, 1.54) is 45.0 Å². The van der Waals surface area contributed by atoms with Gasteiger partial charge in [0.05, 0.1) is 0 Å². The predicted octanol–water partition coefficient (Wildman–Crippen LogP) is 3.37. The van der Waals surface area contributed by atoms with Crippen molar-refractivity contribution >= 4 is 23.3 Å². The topological polar surface area (TPSA) is 81.7 Å². The number of carbonyl (C=O) groups is 3. The third-order valence-electron chi connectivity index (χ3n) is 3.68. The van der Waals surface area contributed by atoms with Gasteiger partial charge in [-0.3, -0.25) is 9.59 Å². The minimum Gasteiger partial charge on any atom is -0.479 e. The Hall–Kier alpha value is -3.22. The van der Waals surface area contributed by atoms with Crippen molar-refractivity contribution in [1.82, 2.24) is 0 Å². The second-order valence-electron chi connectivity index (χ2n) is 5.92. The lowest BCUT2D eigenvalue weighted by atomic mass is 10.1. The first-order chi connectivity index (χ1) is 12.8. The first-order valence-corrected chi connectivity index (χ1v) is 8.31. The fraction of sp³-hybridized carbons (Fsp3) is 0.250. The molecule has 0 heterocycles. The molecule has 2 rings (SSSR count). The van der Waals surface area contributed by atoms with Crippen molar-refractivity contribution in [3.8, 4) is 5.75 Å². The third-order valence-corrected chi connectivity index (χ3v) is 3.68. The predicted molar refractivity (Wildman–Crippen MR) is 97.1 cm³/mol. The van der Waals surface area contributed by atoms with E-state index in [4.69, 9.17) is 9.47 Å². The Kier molecular flexibility index (Phi) is 6.65. The summed E-state index contributed by atoms with van der Waals surface area (Å²) in [5.74, 6) is -1.44. The molecule has 0 saturated heterocycles. The quantitative estimate of drug-likeness (QED) is 0.594. The smallest absolute Gasteiger partial charge is 0.347 e. The number of rotatable bonds is 7. The summed E-state index contributed by atoms with van der Waals surface area (Å²) in [7, 11) is 0. The van der Waals surface area contributed by atoms with Gasteiger partial charge in [0.1, 0.15) is 11.6 Å². The van der Waals surface area contributed by atoms with Gasteiger partial charge in [0.2, 0.25) is 0 Å². The number of halogens is 1. The van der Waals surface area contributed by atoms with Crippen molar-refractivity contribution in [2.45, 2.75) is 33.0 Å². The lowest BCUT2D eigenvalue weighted by molar-refractivity contribution is -0.159.